The van der Waals surface area contributed by atoms with Crippen molar-refractivity contribution in [3.8, 4) is 11.5 Å². The van der Waals surface area contributed by atoms with Crippen molar-refractivity contribution in [3.63, 3.8) is 0 Å². The third-order valence-electron chi connectivity index (χ3n) is 4.58. The van der Waals surface area contributed by atoms with Crippen LogP contribution >= 0.6 is 0 Å². The molecule has 0 amide bonds. The number of piperidine rings is 1. The molecule has 0 spiro atoms. The van der Waals surface area contributed by atoms with Crippen LogP contribution in [0.5, 0.6) is 11.5 Å². The number of hydrogen-bond donors (Lipinski definition) is 2. The van der Waals surface area contributed by atoms with E-state index >= 15 is 0 Å². The van der Waals surface area contributed by atoms with Gasteiger partial charge in [0.05, 0.1) is 13.7 Å². The monoisotopic (exact) mass is 362 g/mol. The largest absolute Gasteiger partial charge is 0.497 e. The van der Waals surface area contributed by atoms with Gasteiger partial charge in [-0.1, -0.05) is 13.3 Å². The van der Waals surface area contributed by atoms with Crippen LogP contribution in [0, 0.1) is 5.92 Å². The zero-order chi connectivity index (χ0) is 18.6. The highest BCUT2D eigenvalue weighted by Gasteiger charge is 2.13. The lowest BCUT2D eigenvalue weighted by atomic mass is 10.1. The third kappa shape index (κ3) is 7.52. The Balaban J connectivity index is 1.59. The van der Waals surface area contributed by atoms with E-state index < -0.39 is 0 Å². The molecule has 1 aromatic carbocycles. The van der Waals surface area contributed by atoms with Gasteiger partial charge < -0.3 is 25.0 Å². The van der Waals surface area contributed by atoms with Gasteiger partial charge in [-0.25, -0.2) is 0 Å². The number of benzene rings is 1. The van der Waals surface area contributed by atoms with Gasteiger partial charge in [0.25, 0.3) is 0 Å². The Morgan fingerprint density at radius 2 is 1.81 bits per heavy atom. The summed E-state index contributed by atoms with van der Waals surface area (Å²) in [7, 11) is 3.46. The van der Waals surface area contributed by atoms with Gasteiger partial charge in [0.15, 0.2) is 5.96 Å². The number of likely N-dealkylation sites (tertiary alicyclic amines) is 1. The highest BCUT2D eigenvalue weighted by atomic mass is 16.5. The number of guanidine groups is 1. The molecule has 1 unspecified atom stereocenters. The molecule has 1 atom stereocenters. The predicted octanol–water partition coefficient (Wildman–Crippen LogP) is 2.36. The van der Waals surface area contributed by atoms with Crippen LogP contribution in [-0.2, 0) is 0 Å². The molecule has 6 nitrogen and oxygen atoms in total. The lowest BCUT2D eigenvalue weighted by Crippen LogP contribution is -2.43. The lowest BCUT2D eigenvalue weighted by Gasteiger charge is -2.29. The third-order valence-corrected chi connectivity index (χ3v) is 4.58. The normalized spacial score (nSPS) is 16.8. The van der Waals surface area contributed by atoms with Crippen LogP contribution in [0.25, 0.3) is 0 Å². The van der Waals surface area contributed by atoms with E-state index in [-0.39, 0.29) is 0 Å². The van der Waals surface area contributed by atoms with Gasteiger partial charge in [0, 0.05) is 20.1 Å². The molecule has 26 heavy (non-hydrogen) atoms. The summed E-state index contributed by atoms with van der Waals surface area (Å²) in [5, 5.41) is 6.71. The van der Waals surface area contributed by atoms with Gasteiger partial charge in [-0.15, -0.1) is 0 Å². The molecule has 146 valence electrons. The van der Waals surface area contributed by atoms with E-state index in [1.165, 1.54) is 32.4 Å². The minimum absolute atomic E-state index is 0.580. The maximum Gasteiger partial charge on any atom is 0.191 e. The fourth-order valence-corrected chi connectivity index (χ4v) is 3.15. The summed E-state index contributed by atoms with van der Waals surface area (Å²) in [4.78, 5) is 6.86. The van der Waals surface area contributed by atoms with E-state index in [2.05, 4.69) is 27.4 Å². The van der Waals surface area contributed by atoms with Crippen LogP contribution < -0.4 is 20.1 Å². The molecule has 1 aliphatic rings. The number of methoxy groups -OCH3 is 1. The fourth-order valence-electron chi connectivity index (χ4n) is 3.15. The Morgan fingerprint density at radius 3 is 2.46 bits per heavy atom. The maximum atomic E-state index is 5.72. The number of hydrogen-bond acceptors (Lipinski definition) is 4. The van der Waals surface area contributed by atoms with Crippen LogP contribution in [0.1, 0.15) is 26.2 Å². The Morgan fingerprint density at radius 1 is 1.12 bits per heavy atom. The Kier molecular flexibility index (Phi) is 9.10. The summed E-state index contributed by atoms with van der Waals surface area (Å²) in [5.74, 6) is 3.10. The Hall–Kier alpha value is -1.95. The van der Waals surface area contributed by atoms with Crippen molar-refractivity contribution in [1.82, 2.24) is 15.5 Å². The Labute approximate surface area is 158 Å². The van der Waals surface area contributed by atoms with Crippen LogP contribution in [0.15, 0.2) is 29.3 Å². The van der Waals surface area contributed by atoms with Crippen molar-refractivity contribution < 1.29 is 9.47 Å². The second kappa shape index (κ2) is 11.6. The first kappa shape index (κ1) is 20.4. The summed E-state index contributed by atoms with van der Waals surface area (Å²) >= 11 is 0. The second-order valence-corrected chi connectivity index (χ2v) is 6.87. The first-order chi connectivity index (χ1) is 12.7. The number of aliphatic imine (C=N–C) groups is 1. The molecule has 0 saturated carbocycles. The van der Waals surface area contributed by atoms with E-state index in [0.717, 1.165) is 30.5 Å². The molecular weight excluding hydrogens is 328 g/mol. The van der Waals surface area contributed by atoms with Crippen LogP contribution in [0.2, 0.25) is 0 Å². The number of rotatable bonds is 9. The average molecular weight is 363 g/mol. The van der Waals surface area contributed by atoms with Gasteiger partial charge >= 0.3 is 0 Å². The molecule has 2 N–H and O–H groups in total. The van der Waals surface area contributed by atoms with Crippen LogP contribution in [-0.4, -0.2) is 64.3 Å². The zero-order valence-electron chi connectivity index (χ0n) is 16.5. The summed E-state index contributed by atoms with van der Waals surface area (Å²) in [6.45, 7) is 8.16. The van der Waals surface area contributed by atoms with E-state index in [1.807, 2.05) is 24.3 Å². The van der Waals surface area contributed by atoms with Gasteiger partial charge in [-0.05, 0) is 56.1 Å². The lowest BCUT2D eigenvalue weighted by molar-refractivity contribution is 0.201. The maximum absolute atomic E-state index is 5.72. The molecule has 0 bridgehead atoms. The van der Waals surface area contributed by atoms with Crippen molar-refractivity contribution >= 4 is 5.96 Å². The average Bonchev–Trinajstić information content (AvgIpc) is 2.68. The van der Waals surface area contributed by atoms with E-state index in [4.69, 9.17) is 9.47 Å². The summed E-state index contributed by atoms with van der Waals surface area (Å²) in [6, 6.07) is 7.61. The predicted molar refractivity (Wildman–Crippen MR) is 107 cm³/mol. The van der Waals surface area contributed by atoms with E-state index in [9.17, 15) is 0 Å². The van der Waals surface area contributed by atoms with Gasteiger partial charge in [0.1, 0.15) is 18.1 Å². The Bertz CT molecular complexity index is 527. The minimum Gasteiger partial charge on any atom is -0.497 e. The minimum atomic E-state index is 0.580. The molecule has 0 aromatic heterocycles. The molecular formula is C20H34N4O2. The molecule has 0 aliphatic carbocycles. The summed E-state index contributed by atoms with van der Waals surface area (Å²) < 4.78 is 10.9. The zero-order valence-corrected chi connectivity index (χ0v) is 16.5. The molecule has 1 heterocycles. The standard InChI is InChI=1S/C20H34N4O2/c1-17(16-24-12-5-4-6-13-24)15-23-20(21-2)22-11-14-26-19-9-7-18(25-3)8-10-19/h7-10,17H,4-6,11-16H2,1-3H3,(H2,21,22,23). The highest BCUT2D eigenvalue weighted by Crippen LogP contribution is 2.16. The first-order valence-corrected chi connectivity index (χ1v) is 9.65. The highest BCUT2D eigenvalue weighted by molar-refractivity contribution is 5.79. The topological polar surface area (TPSA) is 58.1 Å². The van der Waals surface area contributed by atoms with Crippen molar-refractivity contribution in [2.45, 2.75) is 26.2 Å². The molecule has 1 aliphatic heterocycles. The van der Waals surface area contributed by atoms with Crippen molar-refractivity contribution in [2.24, 2.45) is 10.9 Å². The molecule has 2 rings (SSSR count). The second-order valence-electron chi connectivity index (χ2n) is 6.87. The van der Waals surface area contributed by atoms with Crippen molar-refractivity contribution in [2.75, 3.05) is 53.5 Å². The SMILES string of the molecule is CN=C(NCCOc1ccc(OC)cc1)NCC(C)CN1CCCCC1. The number of nitrogens with one attached hydrogen (secondary N) is 2. The van der Waals surface area contributed by atoms with Crippen molar-refractivity contribution in [3.05, 3.63) is 24.3 Å². The van der Waals surface area contributed by atoms with Crippen molar-refractivity contribution in [1.29, 1.82) is 0 Å². The van der Waals surface area contributed by atoms with Crippen LogP contribution in [0.3, 0.4) is 0 Å². The number of ether oxygens (including phenoxy) is 2. The molecule has 1 aromatic rings. The summed E-state index contributed by atoms with van der Waals surface area (Å²) in [6.07, 6.45) is 4.08. The van der Waals surface area contributed by atoms with Gasteiger partial charge in [-0.2, -0.15) is 0 Å². The van der Waals surface area contributed by atoms with Crippen LogP contribution in [0.4, 0.5) is 0 Å². The fraction of sp³-hybridized carbons (Fsp3) is 0.650. The van der Waals surface area contributed by atoms with Gasteiger partial charge in [-0.3, -0.25) is 4.99 Å². The van der Waals surface area contributed by atoms with E-state index in [0.29, 0.717) is 19.1 Å². The van der Waals surface area contributed by atoms with Gasteiger partial charge in [0.2, 0.25) is 0 Å². The smallest absolute Gasteiger partial charge is 0.191 e. The number of nitrogens with zero attached hydrogens (tertiary/aromatic N) is 2. The first-order valence-electron chi connectivity index (χ1n) is 9.65. The summed E-state index contributed by atoms with van der Waals surface area (Å²) in [5.41, 5.74) is 0. The molecule has 1 saturated heterocycles. The molecule has 0 radical (unpaired) electrons. The molecule has 1 fully saturated rings. The molecule has 6 heteroatoms. The quantitative estimate of drug-likeness (QED) is 0.401. The van der Waals surface area contributed by atoms with E-state index in [1.54, 1.807) is 14.2 Å².